The molecule has 0 radical (unpaired) electrons. The molecule has 19 heavy (non-hydrogen) atoms. The second-order valence-corrected chi connectivity index (χ2v) is 4.83. The van der Waals surface area contributed by atoms with Gasteiger partial charge in [0.25, 0.3) is 0 Å². The number of carbonyl (C=O) groups is 2. The average molecular weight is 273 g/mol. The Balaban J connectivity index is 2.44. The third-order valence-corrected chi connectivity index (χ3v) is 3.23. The van der Waals surface area contributed by atoms with E-state index >= 15 is 0 Å². The highest BCUT2D eigenvalue weighted by Crippen LogP contribution is 2.04. The lowest BCUT2D eigenvalue weighted by molar-refractivity contribution is -0.141. The van der Waals surface area contributed by atoms with Gasteiger partial charge in [-0.1, -0.05) is 6.92 Å². The highest BCUT2D eigenvalue weighted by Gasteiger charge is 2.28. The number of rotatable bonds is 5. The Morgan fingerprint density at radius 3 is 2.26 bits per heavy atom. The molecule has 0 aromatic rings. The van der Waals surface area contributed by atoms with Gasteiger partial charge in [0.05, 0.1) is 6.10 Å². The normalized spacial score (nSPS) is 19.8. The van der Waals surface area contributed by atoms with Crippen LogP contribution in [0.15, 0.2) is 0 Å². The number of carbonyl (C=O) groups excluding carboxylic acids is 1. The van der Waals surface area contributed by atoms with Gasteiger partial charge in [-0.15, -0.1) is 0 Å². The molecule has 0 saturated carbocycles. The van der Waals surface area contributed by atoms with E-state index in [0.717, 1.165) is 26.1 Å². The number of hydrogen-bond acceptors (Lipinski definition) is 4. The summed E-state index contributed by atoms with van der Waals surface area (Å²) in [5.41, 5.74) is 0. The van der Waals surface area contributed by atoms with E-state index in [1.165, 1.54) is 6.92 Å². The molecule has 0 unspecified atom stereocenters. The maximum atomic E-state index is 11.9. The van der Waals surface area contributed by atoms with E-state index in [-0.39, 0.29) is 0 Å². The van der Waals surface area contributed by atoms with E-state index in [4.69, 9.17) is 5.11 Å². The van der Waals surface area contributed by atoms with Gasteiger partial charge in [0.1, 0.15) is 0 Å². The summed E-state index contributed by atoms with van der Waals surface area (Å²) in [6.45, 7) is 7.23. The third kappa shape index (κ3) is 4.68. The Morgan fingerprint density at radius 1 is 1.26 bits per heavy atom. The molecule has 0 bridgehead atoms. The average Bonchev–Trinajstić information content (AvgIpc) is 2.36. The fraction of sp³-hybridized carbons (Fsp3) is 0.833. The quantitative estimate of drug-likeness (QED) is 0.631. The minimum Gasteiger partial charge on any atom is -0.480 e. The fourth-order valence-electron chi connectivity index (χ4n) is 2.10. The molecule has 110 valence electrons. The predicted octanol–water partition coefficient (Wildman–Crippen LogP) is -0.442. The van der Waals surface area contributed by atoms with Crippen molar-refractivity contribution in [2.45, 2.75) is 32.4 Å². The number of urea groups is 1. The number of carboxylic acids is 1. The largest absolute Gasteiger partial charge is 0.480 e. The Bertz CT molecular complexity index is 314. The van der Waals surface area contributed by atoms with Gasteiger partial charge < -0.3 is 20.4 Å². The van der Waals surface area contributed by atoms with Crippen LogP contribution < -0.4 is 5.32 Å². The van der Waals surface area contributed by atoms with E-state index < -0.39 is 24.1 Å². The zero-order chi connectivity index (χ0) is 14.4. The number of nitrogens with one attached hydrogen (secondary N) is 1. The van der Waals surface area contributed by atoms with Gasteiger partial charge in [-0.25, -0.2) is 9.59 Å². The van der Waals surface area contributed by atoms with Crippen molar-refractivity contribution in [3.8, 4) is 0 Å². The van der Waals surface area contributed by atoms with Crippen LogP contribution in [0.5, 0.6) is 0 Å². The summed E-state index contributed by atoms with van der Waals surface area (Å²) in [5, 5.41) is 20.6. The number of aliphatic hydroxyl groups is 1. The summed E-state index contributed by atoms with van der Waals surface area (Å²) in [6, 6.07) is -1.69. The highest BCUT2D eigenvalue weighted by atomic mass is 16.4. The SMILES string of the molecule is CCCN1CCN(C(=O)N[C@H](C(=O)O)[C@@H](C)O)CC1. The van der Waals surface area contributed by atoms with Crippen LogP contribution in [-0.4, -0.2) is 76.9 Å². The molecule has 0 aliphatic carbocycles. The summed E-state index contributed by atoms with van der Waals surface area (Å²) in [7, 11) is 0. The van der Waals surface area contributed by atoms with Crippen molar-refractivity contribution in [2.24, 2.45) is 0 Å². The van der Waals surface area contributed by atoms with Crippen LogP contribution in [0.1, 0.15) is 20.3 Å². The summed E-state index contributed by atoms with van der Waals surface area (Å²) in [4.78, 5) is 26.7. The molecule has 1 aliphatic heterocycles. The zero-order valence-electron chi connectivity index (χ0n) is 11.5. The van der Waals surface area contributed by atoms with E-state index in [1.807, 2.05) is 0 Å². The minimum atomic E-state index is -1.26. The number of piperazine rings is 1. The number of carboxylic acid groups (broad SMARTS) is 1. The second-order valence-electron chi connectivity index (χ2n) is 4.83. The van der Waals surface area contributed by atoms with E-state index in [9.17, 15) is 14.7 Å². The monoisotopic (exact) mass is 273 g/mol. The first-order chi connectivity index (χ1) is 8.95. The molecule has 1 rings (SSSR count). The van der Waals surface area contributed by atoms with Crippen LogP contribution in [-0.2, 0) is 4.79 Å². The molecule has 1 fully saturated rings. The lowest BCUT2D eigenvalue weighted by atomic mass is 10.2. The molecule has 7 heteroatoms. The van der Waals surface area contributed by atoms with Crippen LogP contribution in [0, 0.1) is 0 Å². The lowest BCUT2D eigenvalue weighted by Gasteiger charge is -2.35. The van der Waals surface area contributed by atoms with Gasteiger partial charge in [-0.05, 0) is 19.9 Å². The number of amides is 2. The third-order valence-electron chi connectivity index (χ3n) is 3.23. The molecule has 1 heterocycles. The Kier molecular flexibility index (Phi) is 6.04. The standard InChI is InChI=1S/C12H23N3O4/c1-3-4-14-5-7-15(8-6-14)12(19)13-10(9(2)16)11(17)18/h9-10,16H,3-8H2,1-2H3,(H,13,19)(H,17,18)/t9-,10+/m1/s1. The first-order valence-electron chi connectivity index (χ1n) is 6.64. The van der Waals surface area contributed by atoms with Crippen molar-refractivity contribution >= 4 is 12.0 Å². The van der Waals surface area contributed by atoms with E-state index in [2.05, 4.69) is 17.1 Å². The summed E-state index contributed by atoms with van der Waals surface area (Å²) in [6.07, 6.45) is -0.0437. The fourth-order valence-corrected chi connectivity index (χ4v) is 2.10. The van der Waals surface area contributed by atoms with Crippen LogP contribution in [0.2, 0.25) is 0 Å². The van der Waals surface area contributed by atoms with Crippen molar-refractivity contribution in [2.75, 3.05) is 32.7 Å². The van der Waals surface area contributed by atoms with Gasteiger partial charge >= 0.3 is 12.0 Å². The van der Waals surface area contributed by atoms with E-state index in [1.54, 1.807) is 4.90 Å². The van der Waals surface area contributed by atoms with Gasteiger partial charge in [0.2, 0.25) is 0 Å². The van der Waals surface area contributed by atoms with Gasteiger partial charge in [0.15, 0.2) is 6.04 Å². The number of aliphatic hydroxyl groups excluding tert-OH is 1. The molecular formula is C12H23N3O4. The lowest BCUT2D eigenvalue weighted by Crippen LogP contribution is -2.56. The number of hydrogen-bond donors (Lipinski definition) is 3. The first-order valence-corrected chi connectivity index (χ1v) is 6.64. The van der Waals surface area contributed by atoms with Gasteiger partial charge in [-0.2, -0.15) is 0 Å². The highest BCUT2D eigenvalue weighted by molar-refractivity contribution is 5.83. The maximum Gasteiger partial charge on any atom is 0.328 e. The molecule has 2 atom stereocenters. The molecule has 0 aromatic carbocycles. The van der Waals surface area contributed by atoms with Gasteiger partial charge in [-0.3, -0.25) is 4.90 Å². The summed E-state index contributed by atoms with van der Waals surface area (Å²) in [5.74, 6) is -1.23. The van der Waals surface area contributed by atoms with E-state index in [0.29, 0.717) is 13.1 Å². The molecule has 0 spiro atoms. The predicted molar refractivity (Wildman–Crippen MR) is 69.9 cm³/mol. The summed E-state index contributed by atoms with van der Waals surface area (Å²) >= 11 is 0. The molecule has 7 nitrogen and oxygen atoms in total. The molecule has 3 N–H and O–H groups in total. The Morgan fingerprint density at radius 2 is 1.84 bits per heavy atom. The number of aliphatic carboxylic acids is 1. The van der Waals surface area contributed by atoms with Crippen molar-refractivity contribution < 1.29 is 19.8 Å². The van der Waals surface area contributed by atoms with Crippen molar-refractivity contribution in [1.29, 1.82) is 0 Å². The smallest absolute Gasteiger partial charge is 0.328 e. The molecule has 1 aliphatic rings. The first kappa shape index (κ1) is 15.7. The van der Waals surface area contributed by atoms with Crippen LogP contribution in [0.4, 0.5) is 4.79 Å². The van der Waals surface area contributed by atoms with Crippen LogP contribution >= 0.6 is 0 Å². The van der Waals surface area contributed by atoms with Crippen LogP contribution in [0.25, 0.3) is 0 Å². The summed E-state index contributed by atoms with van der Waals surface area (Å²) < 4.78 is 0. The van der Waals surface area contributed by atoms with Crippen molar-refractivity contribution in [1.82, 2.24) is 15.1 Å². The number of nitrogens with zero attached hydrogens (tertiary/aromatic N) is 2. The molecular weight excluding hydrogens is 250 g/mol. The Hall–Kier alpha value is -1.34. The van der Waals surface area contributed by atoms with Gasteiger partial charge in [0, 0.05) is 26.2 Å². The second kappa shape index (κ2) is 7.30. The zero-order valence-corrected chi connectivity index (χ0v) is 11.5. The van der Waals surface area contributed by atoms with Crippen molar-refractivity contribution in [3.63, 3.8) is 0 Å². The minimum absolute atomic E-state index is 0.426. The molecule has 1 saturated heterocycles. The topological polar surface area (TPSA) is 93.1 Å². The molecule has 0 aromatic heterocycles. The Labute approximate surface area is 113 Å². The van der Waals surface area contributed by atoms with Crippen LogP contribution in [0.3, 0.4) is 0 Å². The molecule has 2 amide bonds. The maximum absolute atomic E-state index is 11.9. The van der Waals surface area contributed by atoms with Crippen molar-refractivity contribution in [3.05, 3.63) is 0 Å².